The van der Waals surface area contributed by atoms with E-state index in [0.717, 1.165) is 17.8 Å². The first-order valence-corrected chi connectivity index (χ1v) is 20.5. The molecule has 1 aliphatic heterocycles. The zero-order chi connectivity index (χ0) is 36.3. The van der Waals surface area contributed by atoms with Crippen LogP contribution in [0.3, 0.4) is 0 Å². The quantitative estimate of drug-likeness (QED) is 0.117. The number of aromatic nitrogens is 8. The second kappa shape index (κ2) is 14.8. The number of nitrogens with one attached hydrogen (secondary N) is 1. The molecule has 0 aliphatic carbocycles. The molecule has 1 N–H and O–H groups in total. The Kier molecular flexibility index (Phi) is 10.4. The predicted octanol–water partition coefficient (Wildman–Crippen LogP) is 6.62. The number of benzene rings is 1. The molecule has 51 heavy (non-hydrogen) atoms. The molecule has 13 nitrogen and oxygen atoms in total. The van der Waals surface area contributed by atoms with Gasteiger partial charge in [-0.25, -0.2) is 24.4 Å². The van der Waals surface area contributed by atoms with Crippen LogP contribution in [0.5, 0.6) is 0 Å². The highest BCUT2D eigenvalue weighted by Gasteiger charge is 2.37. The molecule has 1 amide bonds. The highest BCUT2D eigenvalue weighted by Crippen LogP contribution is 2.40. The zero-order valence-corrected chi connectivity index (χ0v) is 30.2. The van der Waals surface area contributed by atoms with Gasteiger partial charge >= 0.3 is 12.3 Å². The maximum absolute atomic E-state index is 14.5. The average molecular weight is 723 g/mol. The lowest BCUT2D eigenvalue weighted by molar-refractivity contribution is -0.137. The van der Waals surface area contributed by atoms with Gasteiger partial charge in [0.1, 0.15) is 30.2 Å². The number of tetrazole rings is 1. The van der Waals surface area contributed by atoms with E-state index in [1.54, 1.807) is 34.8 Å². The molecule has 1 saturated heterocycles. The van der Waals surface area contributed by atoms with Crippen molar-refractivity contribution in [3.8, 4) is 22.8 Å². The van der Waals surface area contributed by atoms with Crippen molar-refractivity contribution >= 4 is 31.1 Å². The molecule has 6 rings (SSSR count). The van der Waals surface area contributed by atoms with E-state index in [2.05, 4.69) is 50.5 Å². The highest BCUT2D eigenvalue weighted by molar-refractivity contribution is 6.76. The lowest BCUT2D eigenvalue weighted by Gasteiger charge is -2.37. The summed E-state index contributed by atoms with van der Waals surface area (Å²) in [6.07, 6.45) is -1.52. The molecule has 0 radical (unpaired) electrons. The predicted molar refractivity (Wildman–Crippen MR) is 187 cm³/mol. The standard InChI is InChI=1S/C34H41F3N10O3Si/c1-22-11-12-24(18-47(22)33(48)50-20-23-9-7-6-8-10-23)39-32-38-17-27(34(35,36)37)29(41-32)26-19-46(21-49-15-16-51(3,4)5)30-25(26)13-14-28(40-30)31-42-43-44-45(31)2/h6-10,13-14,17,19,22,24H,11-12,15-16,18,20-21H2,1-5H3,(H,38,39,41)/t22-,24-/m0/s1. The second-order valence-electron chi connectivity index (χ2n) is 14.0. The van der Waals surface area contributed by atoms with Gasteiger partial charge in [0, 0.05) is 63.7 Å². The third kappa shape index (κ3) is 8.53. The summed E-state index contributed by atoms with van der Waals surface area (Å²) in [5, 5.41) is 15.2. The number of hydrogen-bond donors (Lipinski definition) is 1. The van der Waals surface area contributed by atoms with E-state index in [0.29, 0.717) is 42.0 Å². The van der Waals surface area contributed by atoms with E-state index in [9.17, 15) is 18.0 Å². The fraction of sp³-hybridized carbons (Fsp3) is 0.441. The number of likely N-dealkylation sites (tertiary alicyclic amines) is 1. The zero-order valence-electron chi connectivity index (χ0n) is 29.2. The van der Waals surface area contributed by atoms with E-state index >= 15 is 0 Å². The Morgan fingerprint density at radius 3 is 2.57 bits per heavy atom. The molecule has 0 bridgehead atoms. The Labute approximate surface area is 294 Å². The van der Waals surface area contributed by atoms with Gasteiger partial charge in [-0.05, 0) is 53.9 Å². The number of anilines is 1. The number of ether oxygens (including phenoxy) is 2. The molecule has 4 aromatic heterocycles. The number of halogens is 3. The number of nitrogens with zero attached hydrogens (tertiary/aromatic N) is 9. The van der Waals surface area contributed by atoms with E-state index in [-0.39, 0.29) is 49.2 Å². The lowest BCUT2D eigenvalue weighted by Crippen LogP contribution is -2.50. The van der Waals surface area contributed by atoms with Gasteiger partial charge in [-0.3, -0.25) is 0 Å². The van der Waals surface area contributed by atoms with E-state index in [4.69, 9.17) is 14.5 Å². The first-order chi connectivity index (χ1) is 24.3. The molecule has 0 saturated carbocycles. The van der Waals surface area contributed by atoms with Crippen molar-refractivity contribution in [2.45, 2.75) is 77.0 Å². The Morgan fingerprint density at radius 2 is 1.86 bits per heavy atom. The van der Waals surface area contributed by atoms with Crippen LogP contribution in [0.2, 0.25) is 25.7 Å². The Morgan fingerprint density at radius 1 is 1.08 bits per heavy atom. The van der Waals surface area contributed by atoms with Crippen molar-refractivity contribution in [2.24, 2.45) is 7.05 Å². The van der Waals surface area contributed by atoms with Crippen molar-refractivity contribution in [2.75, 3.05) is 18.5 Å². The third-order valence-electron chi connectivity index (χ3n) is 8.80. The molecule has 1 aliphatic rings. The number of piperidine rings is 1. The fourth-order valence-electron chi connectivity index (χ4n) is 5.89. The number of alkyl halides is 3. The highest BCUT2D eigenvalue weighted by atomic mass is 28.3. The molecule has 1 fully saturated rings. The summed E-state index contributed by atoms with van der Waals surface area (Å²) in [7, 11) is 0.289. The Balaban J connectivity index is 1.30. The van der Waals surface area contributed by atoms with Crippen LogP contribution in [0.15, 0.2) is 54.9 Å². The molecular formula is C34H41F3N10O3Si. The number of pyridine rings is 1. The number of carbonyl (C=O) groups excluding carboxylic acids is 1. The van der Waals surface area contributed by atoms with Crippen LogP contribution in [0.4, 0.5) is 23.9 Å². The van der Waals surface area contributed by atoms with Crippen molar-refractivity contribution in [3.05, 3.63) is 66.0 Å². The van der Waals surface area contributed by atoms with Gasteiger partial charge in [0.25, 0.3) is 0 Å². The van der Waals surface area contributed by atoms with E-state index < -0.39 is 25.9 Å². The van der Waals surface area contributed by atoms with Crippen LogP contribution in [-0.2, 0) is 36.0 Å². The van der Waals surface area contributed by atoms with Gasteiger partial charge in [-0.2, -0.15) is 13.2 Å². The van der Waals surface area contributed by atoms with Gasteiger partial charge in [0.05, 0.1) is 5.69 Å². The largest absolute Gasteiger partial charge is 0.445 e. The summed E-state index contributed by atoms with van der Waals surface area (Å²) < 4.78 is 58.3. The minimum absolute atomic E-state index is 0.0113. The van der Waals surface area contributed by atoms with Gasteiger partial charge in [0.15, 0.2) is 5.82 Å². The molecule has 5 heterocycles. The minimum atomic E-state index is -4.74. The monoisotopic (exact) mass is 722 g/mol. The number of fused-ring (bicyclic) bond motifs is 1. The Hall–Kier alpha value is -4.90. The molecular weight excluding hydrogens is 682 g/mol. The van der Waals surface area contributed by atoms with E-state index in [1.165, 1.54) is 4.68 Å². The van der Waals surface area contributed by atoms with Crippen LogP contribution < -0.4 is 5.32 Å². The smallest absolute Gasteiger partial charge is 0.419 e. The van der Waals surface area contributed by atoms with E-state index in [1.807, 2.05) is 37.3 Å². The summed E-state index contributed by atoms with van der Waals surface area (Å²) in [5.74, 6) is 0.410. The molecule has 0 unspecified atom stereocenters. The topological polar surface area (TPSA) is 138 Å². The molecule has 5 aromatic rings. The van der Waals surface area contributed by atoms with Gasteiger partial charge in [-0.1, -0.05) is 50.0 Å². The molecule has 1 aromatic carbocycles. The second-order valence-corrected chi connectivity index (χ2v) is 19.6. The third-order valence-corrected chi connectivity index (χ3v) is 10.5. The number of rotatable bonds is 11. The van der Waals surface area contributed by atoms with Crippen molar-refractivity contribution in [1.29, 1.82) is 0 Å². The number of hydrogen-bond acceptors (Lipinski definition) is 10. The van der Waals surface area contributed by atoms with Crippen LogP contribution in [0, 0.1) is 0 Å². The maximum atomic E-state index is 14.5. The SMILES string of the molecule is C[C@H]1CC[C@H](Nc2ncc(C(F)(F)F)c(-c3cn(COCC[Si](C)(C)C)c4nc(-c5nnnn5C)ccc34)n2)CN1C(=O)OCc1ccccc1. The van der Waals surface area contributed by atoms with Gasteiger partial charge in [0.2, 0.25) is 5.95 Å². The van der Waals surface area contributed by atoms with Crippen LogP contribution in [0.1, 0.15) is 30.9 Å². The molecule has 2 atom stereocenters. The molecule has 17 heteroatoms. The van der Waals surface area contributed by atoms with Crippen molar-refractivity contribution in [3.63, 3.8) is 0 Å². The molecule has 270 valence electrons. The number of carbonyl (C=O) groups is 1. The fourth-order valence-corrected chi connectivity index (χ4v) is 6.65. The summed E-state index contributed by atoms with van der Waals surface area (Å²) in [4.78, 5) is 28.0. The Bertz CT molecular complexity index is 1980. The number of aryl methyl sites for hydroxylation is 1. The van der Waals surface area contributed by atoms with Gasteiger partial charge < -0.3 is 24.3 Å². The summed E-state index contributed by atoms with van der Waals surface area (Å²) >= 11 is 0. The molecule has 0 spiro atoms. The first kappa shape index (κ1) is 35.9. The summed E-state index contributed by atoms with van der Waals surface area (Å²) in [6.45, 7) is 9.64. The van der Waals surface area contributed by atoms with Crippen LogP contribution in [-0.4, -0.2) is 84.0 Å². The van der Waals surface area contributed by atoms with Crippen molar-refractivity contribution in [1.82, 2.24) is 44.6 Å². The van der Waals surface area contributed by atoms with Crippen LogP contribution >= 0.6 is 0 Å². The average Bonchev–Trinajstić information content (AvgIpc) is 3.68. The normalized spacial score (nSPS) is 16.8. The first-order valence-electron chi connectivity index (χ1n) is 16.8. The summed E-state index contributed by atoms with van der Waals surface area (Å²) in [6, 6.07) is 13.3. The lowest BCUT2D eigenvalue weighted by atomic mass is 10.00. The van der Waals surface area contributed by atoms with Gasteiger partial charge in [-0.15, -0.1) is 5.10 Å². The summed E-state index contributed by atoms with van der Waals surface area (Å²) in [5.41, 5.74) is 0.636. The van der Waals surface area contributed by atoms with Crippen molar-refractivity contribution < 1.29 is 27.4 Å². The number of amides is 1. The van der Waals surface area contributed by atoms with Crippen LogP contribution in [0.25, 0.3) is 33.8 Å². The maximum Gasteiger partial charge on any atom is 0.419 e. The minimum Gasteiger partial charge on any atom is -0.445 e.